The Morgan fingerprint density at radius 1 is 1.21 bits per heavy atom. The smallest absolute Gasteiger partial charge is 0.129 e. The van der Waals surface area contributed by atoms with Crippen LogP contribution in [0.4, 0.5) is 0 Å². The number of benzene rings is 2. The summed E-state index contributed by atoms with van der Waals surface area (Å²) in [5, 5.41) is 3.99. The first kappa shape index (κ1) is 17.2. The van der Waals surface area contributed by atoms with Gasteiger partial charge in [0.15, 0.2) is 0 Å². The first-order chi connectivity index (χ1) is 11.7. The number of ether oxygens (including phenoxy) is 2. The second kappa shape index (κ2) is 8.47. The summed E-state index contributed by atoms with van der Waals surface area (Å²) in [5.74, 6) is 0.752. The third kappa shape index (κ3) is 4.47. The average molecular weight is 362 g/mol. The van der Waals surface area contributed by atoms with E-state index in [2.05, 4.69) is 5.32 Å². The number of halogens is 1. The molecule has 1 aliphatic heterocycles. The molecule has 0 saturated carbocycles. The largest absolute Gasteiger partial charge is 0.488 e. The van der Waals surface area contributed by atoms with Crippen LogP contribution in [0.25, 0.3) is 0 Å². The first-order valence-electron chi connectivity index (χ1n) is 8.09. The Morgan fingerprint density at radius 3 is 2.79 bits per heavy atom. The summed E-state index contributed by atoms with van der Waals surface area (Å²) in [4.78, 5) is 0.681. The molecule has 1 N–H and O–H groups in total. The molecule has 3 nitrogen and oxygen atoms in total. The van der Waals surface area contributed by atoms with Crippen LogP contribution in [0.2, 0.25) is 5.02 Å². The SMILES string of the molecule is S=C(NC[C@@H]1CCCO1)c1ccccc1OCc1ccccc1Cl. The van der Waals surface area contributed by atoms with Gasteiger partial charge in [0.1, 0.15) is 17.3 Å². The van der Waals surface area contributed by atoms with Gasteiger partial charge in [-0.1, -0.05) is 54.2 Å². The summed E-state index contributed by atoms with van der Waals surface area (Å²) >= 11 is 11.7. The van der Waals surface area contributed by atoms with Gasteiger partial charge in [0.05, 0.1) is 11.7 Å². The predicted octanol–water partition coefficient (Wildman–Crippen LogP) is 4.36. The molecule has 0 amide bonds. The lowest BCUT2D eigenvalue weighted by atomic mass is 10.2. The Hall–Kier alpha value is -1.62. The topological polar surface area (TPSA) is 30.5 Å². The van der Waals surface area contributed by atoms with E-state index in [1.54, 1.807) is 0 Å². The van der Waals surface area contributed by atoms with Crippen LogP contribution in [0.15, 0.2) is 48.5 Å². The number of nitrogens with one attached hydrogen (secondary N) is 1. The molecule has 0 spiro atoms. The molecule has 24 heavy (non-hydrogen) atoms. The zero-order valence-electron chi connectivity index (χ0n) is 13.3. The molecule has 1 fully saturated rings. The van der Waals surface area contributed by atoms with Crippen LogP contribution in [-0.2, 0) is 11.3 Å². The van der Waals surface area contributed by atoms with Crippen LogP contribution in [0.5, 0.6) is 5.75 Å². The van der Waals surface area contributed by atoms with Crippen molar-refractivity contribution in [3.63, 3.8) is 0 Å². The maximum atomic E-state index is 6.18. The van der Waals surface area contributed by atoms with Gasteiger partial charge in [-0.05, 0) is 31.0 Å². The molecule has 2 aromatic rings. The van der Waals surface area contributed by atoms with Gasteiger partial charge in [0, 0.05) is 23.7 Å². The van der Waals surface area contributed by atoms with Crippen molar-refractivity contribution in [2.45, 2.75) is 25.6 Å². The van der Waals surface area contributed by atoms with E-state index in [9.17, 15) is 0 Å². The van der Waals surface area contributed by atoms with E-state index in [0.29, 0.717) is 16.6 Å². The fourth-order valence-corrected chi connectivity index (χ4v) is 3.10. The zero-order valence-corrected chi connectivity index (χ0v) is 14.9. The van der Waals surface area contributed by atoms with Gasteiger partial charge in [0.25, 0.3) is 0 Å². The molecular formula is C19H20ClNO2S. The van der Waals surface area contributed by atoms with Crippen LogP contribution in [0.1, 0.15) is 24.0 Å². The highest BCUT2D eigenvalue weighted by atomic mass is 35.5. The molecule has 0 aromatic heterocycles. The van der Waals surface area contributed by atoms with Crippen molar-refractivity contribution in [3.05, 3.63) is 64.7 Å². The van der Waals surface area contributed by atoms with Gasteiger partial charge in [-0.2, -0.15) is 0 Å². The van der Waals surface area contributed by atoms with E-state index in [1.807, 2.05) is 48.5 Å². The monoisotopic (exact) mass is 361 g/mol. The lowest BCUT2D eigenvalue weighted by molar-refractivity contribution is 0.114. The van der Waals surface area contributed by atoms with Crippen molar-refractivity contribution >= 4 is 28.8 Å². The van der Waals surface area contributed by atoms with Crippen molar-refractivity contribution in [1.29, 1.82) is 0 Å². The summed E-state index contributed by atoms with van der Waals surface area (Å²) in [6.07, 6.45) is 2.45. The van der Waals surface area contributed by atoms with Crippen molar-refractivity contribution in [2.24, 2.45) is 0 Å². The fraction of sp³-hybridized carbons (Fsp3) is 0.316. The van der Waals surface area contributed by atoms with Gasteiger partial charge in [-0.25, -0.2) is 0 Å². The first-order valence-corrected chi connectivity index (χ1v) is 8.87. The number of hydrogen-bond donors (Lipinski definition) is 1. The minimum atomic E-state index is 0.249. The number of hydrogen-bond acceptors (Lipinski definition) is 3. The Labute approximate surface area is 152 Å². The van der Waals surface area contributed by atoms with Crippen molar-refractivity contribution in [3.8, 4) is 5.75 Å². The Balaban J connectivity index is 1.63. The summed E-state index contributed by atoms with van der Waals surface area (Å²) in [5.41, 5.74) is 1.84. The Kier molecular flexibility index (Phi) is 6.07. The lowest BCUT2D eigenvalue weighted by Crippen LogP contribution is -2.31. The van der Waals surface area contributed by atoms with E-state index >= 15 is 0 Å². The van der Waals surface area contributed by atoms with E-state index in [1.165, 1.54) is 0 Å². The van der Waals surface area contributed by atoms with Crippen LogP contribution in [0.3, 0.4) is 0 Å². The number of para-hydroxylation sites is 1. The Morgan fingerprint density at radius 2 is 2.00 bits per heavy atom. The van der Waals surface area contributed by atoms with E-state index in [-0.39, 0.29) is 6.10 Å². The third-order valence-electron chi connectivity index (χ3n) is 3.99. The van der Waals surface area contributed by atoms with Crippen molar-refractivity contribution in [1.82, 2.24) is 5.32 Å². The highest BCUT2D eigenvalue weighted by molar-refractivity contribution is 7.80. The second-order valence-corrected chi connectivity index (χ2v) is 6.54. The molecule has 1 atom stereocenters. The molecular weight excluding hydrogens is 342 g/mol. The summed E-state index contributed by atoms with van der Waals surface area (Å²) in [6.45, 7) is 1.99. The van der Waals surface area contributed by atoms with Gasteiger partial charge in [-0.15, -0.1) is 0 Å². The van der Waals surface area contributed by atoms with E-state index < -0.39 is 0 Å². The maximum absolute atomic E-state index is 6.18. The molecule has 3 rings (SSSR count). The van der Waals surface area contributed by atoms with Crippen molar-refractivity contribution < 1.29 is 9.47 Å². The van der Waals surface area contributed by atoms with E-state index in [0.717, 1.165) is 42.9 Å². The highest BCUT2D eigenvalue weighted by Crippen LogP contribution is 2.22. The standard InChI is InChI=1S/C19H20ClNO2S/c20-17-9-3-1-6-14(17)13-23-18-10-4-2-8-16(18)19(24)21-12-15-7-5-11-22-15/h1-4,6,8-10,15H,5,7,11-13H2,(H,21,24)/t15-/m0/s1. The molecule has 1 aliphatic rings. The molecule has 126 valence electrons. The lowest BCUT2D eigenvalue weighted by Gasteiger charge is -2.16. The summed E-state index contributed by atoms with van der Waals surface area (Å²) in [6, 6.07) is 15.5. The summed E-state index contributed by atoms with van der Waals surface area (Å²) in [7, 11) is 0. The number of rotatable bonds is 6. The molecule has 0 aliphatic carbocycles. The zero-order chi connectivity index (χ0) is 16.8. The van der Waals surface area contributed by atoms with Crippen molar-refractivity contribution in [2.75, 3.05) is 13.2 Å². The fourth-order valence-electron chi connectivity index (χ4n) is 2.66. The molecule has 0 unspecified atom stereocenters. The molecule has 5 heteroatoms. The van der Waals surface area contributed by atoms with Crippen LogP contribution in [0, 0.1) is 0 Å². The van der Waals surface area contributed by atoms with Gasteiger partial charge >= 0.3 is 0 Å². The van der Waals surface area contributed by atoms with Crippen LogP contribution in [-0.4, -0.2) is 24.2 Å². The predicted molar refractivity (Wildman–Crippen MR) is 101 cm³/mol. The van der Waals surface area contributed by atoms with Crippen LogP contribution >= 0.6 is 23.8 Å². The third-order valence-corrected chi connectivity index (χ3v) is 4.72. The molecule has 2 aromatic carbocycles. The maximum Gasteiger partial charge on any atom is 0.129 e. The minimum Gasteiger partial charge on any atom is -0.488 e. The quantitative estimate of drug-likeness (QED) is 0.774. The number of thiocarbonyl (C=S) groups is 1. The highest BCUT2D eigenvalue weighted by Gasteiger charge is 2.16. The molecule has 1 saturated heterocycles. The summed E-state index contributed by atoms with van der Waals surface area (Å²) < 4.78 is 11.6. The molecule has 0 bridgehead atoms. The normalized spacial score (nSPS) is 16.8. The van der Waals surface area contributed by atoms with Gasteiger partial charge < -0.3 is 14.8 Å². The Bertz CT molecular complexity index is 701. The second-order valence-electron chi connectivity index (χ2n) is 5.72. The average Bonchev–Trinajstić information content (AvgIpc) is 3.13. The van der Waals surface area contributed by atoms with Gasteiger partial charge in [-0.3, -0.25) is 0 Å². The minimum absolute atomic E-state index is 0.249. The van der Waals surface area contributed by atoms with Gasteiger partial charge in [0.2, 0.25) is 0 Å². The van der Waals surface area contributed by atoms with E-state index in [4.69, 9.17) is 33.3 Å². The van der Waals surface area contributed by atoms with Crippen LogP contribution < -0.4 is 10.1 Å². The molecule has 1 heterocycles. The molecule has 0 radical (unpaired) electrons.